The molecule has 2 heteroatoms. The maximum Gasteiger partial charge on any atom is 0.311 e. The van der Waals surface area contributed by atoms with Crippen molar-refractivity contribution in [2.24, 2.45) is 11.8 Å². The van der Waals surface area contributed by atoms with E-state index in [1.165, 1.54) is 48.6 Å². The number of carbonyl (C=O) groups is 1. The van der Waals surface area contributed by atoms with Crippen molar-refractivity contribution in [2.45, 2.75) is 72.1 Å². The largest absolute Gasteiger partial charge is 0.427 e. The monoisotopic (exact) mass is 378 g/mol. The second-order valence-corrected chi connectivity index (χ2v) is 8.42. The highest BCUT2D eigenvalue weighted by Gasteiger charge is 2.17. The van der Waals surface area contributed by atoms with Gasteiger partial charge in [0.05, 0.1) is 0 Å². The van der Waals surface area contributed by atoms with Crippen LogP contribution in [0.4, 0.5) is 0 Å². The van der Waals surface area contributed by atoms with E-state index in [2.05, 4.69) is 51.1 Å². The first-order valence-corrected chi connectivity index (χ1v) is 11.0. The van der Waals surface area contributed by atoms with Crippen LogP contribution in [0.1, 0.15) is 77.7 Å². The van der Waals surface area contributed by atoms with Gasteiger partial charge < -0.3 is 4.74 Å². The summed E-state index contributed by atoms with van der Waals surface area (Å²) in [5, 5.41) is 2.32. The SMILES string of the molecule is CCCCC(=O)Oc1ccc2cc(C3=CCC(CC(C)CC)CC3)ccc2c1. The zero-order valence-electron chi connectivity index (χ0n) is 17.7. The molecule has 1 aliphatic rings. The van der Waals surface area contributed by atoms with E-state index in [9.17, 15) is 4.79 Å². The number of esters is 1. The van der Waals surface area contributed by atoms with Crippen LogP contribution in [-0.4, -0.2) is 5.97 Å². The van der Waals surface area contributed by atoms with Crippen LogP contribution in [0.15, 0.2) is 42.5 Å². The number of benzene rings is 2. The van der Waals surface area contributed by atoms with Gasteiger partial charge in [0, 0.05) is 6.42 Å². The van der Waals surface area contributed by atoms with Crippen molar-refractivity contribution in [1.29, 1.82) is 0 Å². The molecule has 2 aromatic rings. The van der Waals surface area contributed by atoms with Gasteiger partial charge in [0.25, 0.3) is 0 Å². The molecular weight excluding hydrogens is 344 g/mol. The molecule has 1 aliphatic carbocycles. The lowest BCUT2D eigenvalue weighted by molar-refractivity contribution is -0.134. The Balaban J connectivity index is 1.68. The molecule has 3 rings (SSSR count). The van der Waals surface area contributed by atoms with Crippen molar-refractivity contribution in [2.75, 3.05) is 0 Å². The van der Waals surface area contributed by atoms with E-state index in [0.717, 1.165) is 30.1 Å². The Kier molecular flexibility index (Phi) is 7.30. The van der Waals surface area contributed by atoms with Gasteiger partial charge in [-0.2, -0.15) is 0 Å². The standard InChI is InChI=1S/C26H34O2/c1-4-6-7-26(27)28-25-15-14-23-17-22(12-13-24(23)18-25)21-10-8-20(9-11-21)16-19(3)5-2/h10,12-15,17-20H,4-9,11,16H2,1-3H3. The highest BCUT2D eigenvalue weighted by atomic mass is 16.5. The molecule has 0 fully saturated rings. The van der Waals surface area contributed by atoms with E-state index in [1.807, 2.05) is 12.1 Å². The number of fused-ring (bicyclic) bond motifs is 1. The van der Waals surface area contributed by atoms with Gasteiger partial charge in [0.2, 0.25) is 0 Å². The second kappa shape index (κ2) is 9.91. The van der Waals surface area contributed by atoms with Crippen molar-refractivity contribution in [3.05, 3.63) is 48.0 Å². The van der Waals surface area contributed by atoms with Crippen LogP contribution in [0.3, 0.4) is 0 Å². The predicted molar refractivity (Wildman–Crippen MR) is 118 cm³/mol. The third-order valence-electron chi connectivity index (χ3n) is 6.10. The van der Waals surface area contributed by atoms with Gasteiger partial charge in [-0.1, -0.05) is 57.9 Å². The minimum atomic E-state index is -0.142. The number of unbranched alkanes of at least 4 members (excludes halogenated alkanes) is 1. The Bertz CT molecular complexity index is 833. The molecule has 0 amide bonds. The molecule has 150 valence electrons. The van der Waals surface area contributed by atoms with Gasteiger partial charge in [0.1, 0.15) is 5.75 Å². The lowest BCUT2D eigenvalue weighted by Gasteiger charge is -2.24. The van der Waals surface area contributed by atoms with Crippen molar-refractivity contribution < 1.29 is 9.53 Å². The summed E-state index contributed by atoms with van der Waals surface area (Å²) in [4.78, 5) is 11.9. The van der Waals surface area contributed by atoms with Gasteiger partial charge >= 0.3 is 5.97 Å². The lowest BCUT2D eigenvalue weighted by Crippen LogP contribution is -2.09. The summed E-state index contributed by atoms with van der Waals surface area (Å²) < 4.78 is 5.47. The Morgan fingerprint density at radius 3 is 2.64 bits per heavy atom. The minimum Gasteiger partial charge on any atom is -0.427 e. The second-order valence-electron chi connectivity index (χ2n) is 8.42. The molecule has 2 nitrogen and oxygen atoms in total. The van der Waals surface area contributed by atoms with Crippen LogP contribution < -0.4 is 4.74 Å². The Hall–Kier alpha value is -2.09. The third kappa shape index (κ3) is 5.47. The zero-order chi connectivity index (χ0) is 19.9. The number of carbonyl (C=O) groups excluding carboxylic acids is 1. The molecule has 0 radical (unpaired) electrons. The number of allylic oxidation sites excluding steroid dienone is 2. The molecule has 0 aliphatic heterocycles. The van der Waals surface area contributed by atoms with Gasteiger partial charge in [0.15, 0.2) is 0 Å². The molecule has 28 heavy (non-hydrogen) atoms. The fraction of sp³-hybridized carbons (Fsp3) is 0.500. The Labute approximate surface area is 170 Å². The predicted octanol–water partition coefficient (Wildman–Crippen LogP) is 7.56. The minimum absolute atomic E-state index is 0.142. The first kappa shape index (κ1) is 20.6. The van der Waals surface area contributed by atoms with Gasteiger partial charge in [-0.15, -0.1) is 0 Å². The topological polar surface area (TPSA) is 26.3 Å². The smallest absolute Gasteiger partial charge is 0.311 e. The van der Waals surface area contributed by atoms with Crippen molar-refractivity contribution >= 4 is 22.3 Å². The first-order valence-electron chi connectivity index (χ1n) is 11.0. The summed E-state index contributed by atoms with van der Waals surface area (Å²) in [6.07, 6.45) is 11.2. The van der Waals surface area contributed by atoms with E-state index in [-0.39, 0.29) is 5.97 Å². The molecule has 0 heterocycles. The van der Waals surface area contributed by atoms with Crippen molar-refractivity contribution in [1.82, 2.24) is 0 Å². The fourth-order valence-corrected chi connectivity index (χ4v) is 4.09. The summed E-state index contributed by atoms with van der Waals surface area (Å²) in [7, 11) is 0. The number of hydrogen-bond acceptors (Lipinski definition) is 2. The molecule has 0 spiro atoms. The third-order valence-corrected chi connectivity index (χ3v) is 6.10. The molecule has 0 saturated carbocycles. The summed E-state index contributed by atoms with van der Waals surface area (Å²) in [5.74, 6) is 2.19. The van der Waals surface area contributed by atoms with E-state index in [4.69, 9.17) is 4.74 Å². The van der Waals surface area contributed by atoms with Gasteiger partial charge in [-0.3, -0.25) is 4.79 Å². The molecule has 2 atom stereocenters. The number of hydrogen-bond donors (Lipinski definition) is 0. The first-order chi connectivity index (χ1) is 13.6. The van der Waals surface area contributed by atoms with Gasteiger partial charge in [-0.05, 0) is 84.0 Å². The average Bonchev–Trinajstić information content (AvgIpc) is 2.72. The Morgan fingerprint density at radius 2 is 1.93 bits per heavy atom. The van der Waals surface area contributed by atoms with Gasteiger partial charge in [-0.25, -0.2) is 0 Å². The maximum absolute atomic E-state index is 11.9. The molecule has 0 N–H and O–H groups in total. The van der Waals surface area contributed by atoms with E-state index < -0.39 is 0 Å². The summed E-state index contributed by atoms with van der Waals surface area (Å²) in [6.45, 7) is 6.74. The van der Waals surface area contributed by atoms with Crippen LogP contribution in [0, 0.1) is 11.8 Å². The quantitative estimate of drug-likeness (QED) is 0.350. The highest BCUT2D eigenvalue weighted by molar-refractivity contribution is 5.88. The van der Waals surface area contributed by atoms with Crippen LogP contribution in [-0.2, 0) is 4.79 Å². The van der Waals surface area contributed by atoms with Crippen molar-refractivity contribution in [3.8, 4) is 5.75 Å². The molecule has 0 bridgehead atoms. The van der Waals surface area contributed by atoms with E-state index >= 15 is 0 Å². The molecule has 0 aromatic heterocycles. The zero-order valence-corrected chi connectivity index (χ0v) is 17.7. The van der Waals surface area contributed by atoms with Crippen LogP contribution in [0.5, 0.6) is 5.75 Å². The normalized spacial score (nSPS) is 18.0. The van der Waals surface area contributed by atoms with Crippen LogP contribution in [0.25, 0.3) is 16.3 Å². The van der Waals surface area contributed by atoms with Crippen LogP contribution >= 0.6 is 0 Å². The number of rotatable bonds is 8. The van der Waals surface area contributed by atoms with E-state index in [0.29, 0.717) is 12.2 Å². The summed E-state index contributed by atoms with van der Waals surface area (Å²) in [5.41, 5.74) is 2.82. The molecule has 2 unspecified atom stereocenters. The van der Waals surface area contributed by atoms with Crippen molar-refractivity contribution in [3.63, 3.8) is 0 Å². The molecule has 0 saturated heterocycles. The highest BCUT2D eigenvalue weighted by Crippen LogP contribution is 2.35. The summed E-state index contributed by atoms with van der Waals surface area (Å²) >= 11 is 0. The average molecular weight is 379 g/mol. The maximum atomic E-state index is 11.9. The molecular formula is C26H34O2. The number of ether oxygens (including phenoxy) is 1. The Morgan fingerprint density at radius 1 is 1.14 bits per heavy atom. The van der Waals surface area contributed by atoms with Crippen LogP contribution in [0.2, 0.25) is 0 Å². The lowest BCUT2D eigenvalue weighted by atomic mass is 9.81. The summed E-state index contributed by atoms with van der Waals surface area (Å²) in [6, 6.07) is 12.6. The molecule has 2 aromatic carbocycles. The fourth-order valence-electron chi connectivity index (χ4n) is 4.09. The van der Waals surface area contributed by atoms with E-state index in [1.54, 1.807) is 0 Å².